The second-order valence-corrected chi connectivity index (χ2v) is 7.10. The first-order valence-corrected chi connectivity index (χ1v) is 8.78. The first-order valence-electron chi connectivity index (χ1n) is 7.39. The molecule has 2 amide bonds. The minimum absolute atomic E-state index is 0.256. The van der Waals surface area contributed by atoms with Crippen molar-refractivity contribution < 1.29 is 14.3 Å². The maximum atomic E-state index is 12.5. The van der Waals surface area contributed by atoms with Crippen LogP contribution in [-0.2, 0) is 16.6 Å². The van der Waals surface area contributed by atoms with Crippen LogP contribution < -0.4 is 10.6 Å². The molecule has 0 aliphatic rings. The molecule has 132 valence electrons. The van der Waals surface area contributed by atoms with Crippen molar-refractivity contribution >= 4 is 29.6 Å². The lowest BCUT2D eigenvalue weighted by molar-refractivity contribution is -0.118. The van der Waals surface area contributed by atoms with E-state index in [4.69, 9.17) is 10.00 Å². The van der Waals surface area contributed by atoms with Gasteiger partial charge >= 0.3 is 6.09 Å². The van der Waals surface area contributed by atoms with E-state index < -0.39 is 23.6 Å². The summed E-state index contributed by atoms with van der Waals surface area (Å²) in [5.41, 5.74) is -0.396. The molecule has 0 bridgehead atoms. The Morgan fingerprint density at radius 1 is 1.50 bits per heavy atom. The SMILES string of the molecule is CSCCC(NC(=O)OC(C)(C)C)C(=O)Nc1c(C#N)cnn1C. The number of nitrogens with zero attached hydrogens (tertiary/aromatic N) is 3. The zero-order valence-electron chi connectivity index (χ0n) is 14.5. The van der Waals surface area contributed by atoms with Gasteiger partial charge in [-0.15, -0.1) is 0 Å². The van der Waals surface area contributed by atoms with Gasteiger partial charge in [0.15, 0.2) is 0 Å². The van der Waals surface area contributed by atoms with Gasteiger partial charge in [-0.05, 0) is 39.2 Å². The van der Waals surface area contributed by atoms with Crippen LogP contribution in [0.2, 0.25) is 0 Å². The summed E-state index contributed by atoms with van der Waals surface area (Å²) in [6.07, 6.45) is 3.06. The highest BCUT2D eigenvalue weighted by Crippen LogP contribution is 2.14. The predicted octanol–water partition coefficient (Wildman–Crippen LogP) is 1.88. The van der Waals surface area contributed by atoms with Gasteiger partial charge in [-0.3, -0.25) is 9.48 Å². The molecule has 2 N–H and O–H groups in total. The largest absolute Gasteiger partial charge is 0.444 e. The van der Waals surface area contributed by atoms with Gasteiger partial charge in [-0.25, -0.2) is 4.79 Å². The Bertz CT molecular complexity index is 630. The minimum Gasteiger partial charge on any atom is -0.444 e. The number of nitriles is 1. The Morgan fingerprint density at radius 3 is 2.71 bits per heavy atom. The average molecular weight is 353 g/mol. The number of ether oxygens (including phenoxy) is 1. The molecule has 1 unspecified atom stereocenters. The third-order valence-corrected chi connectivity index (χ3v) is 3.56. The maximum Gasteiger partial charge on any atom is 0.408 e. The van der Waals surface area contributed by atoms with Crippen LogP contribution in [0.15, 0.2) is 6.20 Å². The number of alkyl carbamates (subject to hydrolysis) is 1. The lowest BCUT2D eigenvalue weighted by Gasteiger charge is -2.23. The van der Waals surface area contributed by atoms with Crippen molar-refractivity contribution in [1.82, 2.24) is 15.1 Å². The molecule has 0 aromatic carbocycles. The summed E-state index contributed by atoms with van der Waals surface area (Å²) in [6.45, 7) is 5.25. The number of anilines is 1. The molecule has 1 atom stereocenters. The number of carbonyl (C=O) groups excluding carboxylic acids is 2. The molecule has 24 heavy (non-hydrogen) atoms. The number of hydrogen-bond acceptors (Lipinski definition) is 6. The number of rotatable bonds is 6. The fourth-order valence-electron chi connectivity index (χ4n) is 1.83. The van der Waals surface area contributed by atoms with Crippen LogP contribution in [0, 0.1) is 11.3 Å². The molecule has 0 radical (unpaired) electrons. The smallest absolute Gasteiger partial charge is 0.408 e. The van der Waals surface area contributed by atoms with Gasteiger partial charge in [0.2, 0.25) is 5.91 Å². The highest BCUT2D eigenvalue weighted by atomic mass is 32.2. The van der Waals surface area contributed by atoms with Gasteiger partial charge in [0.1, 0.15) is 29.1 Å². The fraction of sp³-hybridized carbons (Fsp3) is 0.600. The molecule has 9 heteroatoms. The lowest BCUT2D eigenvalue weighted by Crippen LogP contribution is -2.46. The summed E-state index contributed by atoms with van der Waals surface area (Å²) >= 11 is 1.56. The fourth-order valence-corrected chi connectivity index (χ4v) is 2.30. The first kappa shape index (κ1) is 19.8. The molecular formula is C15H23N5O3S. The quantitative estimate of drug-likeness (QED) is 0.808. The third kappa shape index (κ3) is 6.12. The third-order valence-electron chi connectivity index (χ3n) is 2.92. The van der Waals surface area contributed by atoms with Gasteiger partial charge in [0, 0.05) is 7.05 Å². The van der Waals surface area contributed by atoms with Gasteiger partial charge in [0.25, 0.3) is 0 Å². The van der Waals surface area contributed by atoms with Crippen LogP contribution in [0.5, 0.6) is 0 Å². The molecule has 1 aromatic rings. The van der Waals surface area contributed by atoms with Crippen molar-refractivity contribution in [3.8, 4) is 6.07 Å². The molecule has 1 aromatic heterocycles. The summed E-state index contributed by atoms with van der Waals surface area (Å²) in [6, 6.07) is 1.19. The number of aryl methyl sites for hydroxylation is 1. The highest BCUT2D eigenvalue weighted by Gasteiger charge is 2.25. The molecule has 0 fully saturated rings. The molecule has 8 nitrogen and oxygen atoms in total. The van der Waals surface area contributed by atoms with Gasteiger partial charge in [0.05, 0.1) is 6.20 Å². The molecule has 1 heterocycles. The highest BCUT2D eigenvalue weighted by molar-refractivity contribution is 7.98. The zero-order chi connectivity index (χ0) is 18.3. The standard InChI is InChI=1S/C15H23N5O3S/c1-15(2,3)23-14(22)18-11(6-7-24-5)13(21)19-12-10(8-16)9-17-20(12)4/h9,11H,6-7H2,1-5H3,(H,18,22)(H,19,21). The van der Waals surface area contributed by atoms with Crippen molar-refractivity contribution in [2.75, 3.05) is 17.3 Å². The minimum atomic E-state index is -0.770. The Labute approximate surface area is 145 Å². The van der Waals surface area contributed by atoms with Crippen LogP contribution in [0.4, 0.5) is 10.6 Å². The summed E-state index contributed by atoms with van der Waals surface area (Å²) in [5.74, 6) is 0.558. The molecule has 0 aliphatic carbocycles. The van der Waals surface area contributed by atoms with E-state index in [1.54, 1.807) is 39.6 Å². The molecule has 1 rings (SSSR count). The number of amides is 2. The Morgan fingerprint density at radius 2 is 2.17 bits per heavy atom. The van der Waals surface area contributed by atoms with Gasteiger partial charge in [-0.2, -0.15) is 22.1 Å². The number of hydrogen-bond donors (Lipinski definition) is 2. The summed E-state index contributed by atoms with van der Waals surface area (Å²) in [5, 5.41) is 18.2. The second kappa shape index (κ2) is 8.59. The van der Waals surface area contributed by atoms with Crippen LogP contribution in [0.1, 0.15) is 32.8 Å². The monoisotopic (exact) mass is 353 g/mol. The lowest BCUT2D eigenvalue weighted by atomic mass is 10.2. The van der Waals surface area contributed by atoms with Crippen LogP contribution in [0.25, 0.3) is 0 Å². The van der Waals surface area contributed by atoms with Crippen LogP contribution in [0.3, 0.4) is 0 Å². The second-order valence-electron chi connectivity index (χ2n) is 6.11. The molecular weight excluding hydrogens is 330 g/mol. The molecule has 0 aliphatic heterocycles. The maximum absolute atomic E-state index is 12.5. The number of thioether (sulfide) groups is 1. The molecule has 0 saturated carbocycles. The normalized spacial score (nSPS) is 12.2. The van der Waals surface area contributed by atoms with Crippen LogP contribution in [-0.4, -0.2) is 45.4 Å². The molecule has 0 saturated heterocycles. The van der Waals surface area contributed by atoms with E-state index in [-0.39, 0.29) is 5.56 Å². The number of carbonyl (C=O) groups is 2. The van der Waals surface area contributed by atoms with E-state index in [0.717, 1.165) is 0 Å². The number of aromatic nitrogens is 2. The molecule has 0 spiro atoms. The summed E-state index contributed by atoms with van der Waals surface area (Å²) in [4.78, 5) is 24.4. The first-order chi connectivity index (χ1) is 11.2. The summed E-state index contributed by atoms with van der Waals surface area (Å²) < 4.78 is 6.59. The van der Waals surface area contributed by atoms with Crippen molar-refractivity contribution in [1.29, 1.82) is 5.26 Å². The van der Waals surface area contributed by atoms with Gasteiger partial charge in [-0.1, -0.05) is 0 Å². The van der Waals surface area contributed by atoms with E-state index in [2.05, 4.69) is 15.7 Å². The van der Waals surface area contributed by atoms with E-state index in [1.165, 1.54) is 10.9 Å². The van der Waals surface area contributed by atoms with E-state index in [1.807, 2.05) is 12.3 Å². The summed E-state index contributed by atoms with van der Waals surface area (Å²) in [7, 11) is 1.62. The van der Waals surface area contributed by atoms with Crippen molar-refractivity contribution in [3.05, 3.63) is 11.8 Å². The topological polar surface area (TPSA) is 109 Å². The Hall–Kier alpha value is -2.21. The average Bonchev–Trinajstić information content (AvgIpc) is 2.82. The Kier molecular flexibility index (Phi) is 7.10. The van der Waals surface area contributed by atoms with E-state index in [0.29, 0.717) is 18.0 Å². The van der Waals surface area contributed by atoms with Crippen molar-refractivity contribution in [2.24, 2.45) is 7.05 Å². The van der Waals surface area contributed by atoms with Gasteiger partial charge < -0.3 is 15.4 Å². The van der Waals surface area contributed by atoms with Crippen LogP contribution >= 0.6 is 11.8 Å². The number of nitrogens with one attached hydrogen (secondary N) is 2. The van der Waals surface area contributed by atoms with Crippen molar-refractivity contribution in [3.63, 3.8) is 0 Å². The predicted molar refractivity (Wildman–Crippen MR) is 92.7 cm³/mol. The van der Waals surface area contributed by atoms with Crippen molar-refractivity contribution in [2.45, 2.75) is 38.8 Å². The zero-order valence-corrected chi connectivity index (χ0v) is 15.4. The van der Waals surface area contributed by atoms with E-state index >= 15 is 0 Å². The van der Waals surface area contributed by atoms with E-state index in [9.17, 15) is 9.59 Å². The Balaban J connectivity index is 2.83.